The number of nitrogens with one attached hydrogen (secondary N) is 1. The number of piperidine rings is 1. The van der Waals surface area contributed by atoms with Crippen molar-refractivity contribution in [3.05, 3.63) is 16.1 Å². The van der Waals surface area contributed by atoms with Gasteiger partial charge >= 0.3 is 12.0 Å². The molecule has 0 unspecified atom stereocenters. The molecule has 19 heavy (non-hydrogen) atoms. The number of carboxylic acid groups (broad SMARTS) is 1. The summed E-state index contributed by atoms with van der Waals surface area (Å²) in [5, 5.41) is 11.8. The number of likely N-dealkylation sites (tertiary alicyclic amines) is 1. The third-order valence-electron chi connectivity index (χ3n) is 3.30. The van der Waals surface area contributed by atoms with Gasteiger partial charge in [-0.1, -0.05) is 0 Å². The molecular formula is C12H17N3O3S. The minimum atomic E-state index is -0.823. The minimum Gasteiger partial charge on any atom is -0.481 e. The summed E-state index contributed by atoms with van der Waals surface area (Å²) in [7, 11) is 0. The van der Waals surface area contributed by atoms with Crippen LogP contribution in [0.3, 0.4) is 0 Å². The third-order valence-corrected chi connectivity index (χ3v) is 4.24. The van der Waals surface area contributed by atoms with E-state index in [1.807, 2.05) is 6.92 Å². The van der Waals surface area contributed by atoms with E-state index in [0.29, 0.717) is 26.1 Å². The maximum Gasteiger partial charge on any atom is 0.317 e. The number of carboxylic acids is 1. The van der Waals surface area contributed by atoms with Gasteiger partial charge in [0.1, 0.15) is 0 Å². The highest BCUT2D eigenvalue weighted by Gasteiger charge is 2.27. The second-order valence-electron chi connectivity index (χ2n) is 4.64. The molecule has 1 atom stereocenters. The van der Waals surface area contributed by atoms with Crippen LogP contribution in [0.15, 0.2) is 5.51 Å². The second kappa shape index (κ2) is 6.01. The molecule has 2 N–H and O–H groups in total. The average Bonchev–Trinajstić information content (AvgIpc) is 2.81. The van der Waals surface area contributed by atoms with Gasteiger partial charge < -0.3 is 15.3 Å². The number of rotatable bonds is 3. The maximum absolute atomic E-state index is 12.0. The summed E-state index contributed by atoms with van der Waals surface area (Å²) in [5.41, 5.74) is 2.67. The predicted molar refractivity (Wildman–Crippen MR) is 71.0 cm³/mol. The molecule has 0 aliphatic carbocycles. The van der Waals surface area contributed by atoms with Crippen LogP contribution in [-0.4, -0.2) is 40.1 Å². The van der Waals surface area contributed by atoms with Crippen LogP contribution in [0.1, 0.15) is 23.4 Å². The molecule has 1 aromatic rings. The van der Waals surface area contributed by atoms with Gasteiger partial charge in [0.05, 0.1) is 23.7 Å². The first-order valence-corrected chi connectivity index (χ1v) is 7.10. The van der Waals surface area contributed by atoms with Crippen molar-refractivity contribution in [2.24, 2.45) is 5.92 Å². The van der Waals surface area contributed by atoms with Gasteiger partial charge in [-0.15, -0.1) is 11.3 Å². The van der Waals surface area contributed by atoms with E-state index >= 15 is 0 Å². The number of aliphatic carboxylic acids is 1. The number of carbonyl (C=O) groups is 2. The van der Waals surface area contributed by atoms with E-state index in [1.54, 1.807) is 10.4 Å². The molecule has 7 heteroatoms. The van der Waals surface area contributed by atoms with Crippen LogP contribution in [0, 0.1) is 12.8 Å². The SMILES string of the molecule is Cc1ncsc1CNC(=O)N1CCC[C@@H](C(=O)O)C1. The number of hydrogen-bond donors (Lipinski definition) is 2. The molecule has 1 aliphatic rings. The standard InChI is InChI=1S/C12H17N3O3S/c1-8-10(19-7-14-8)5-13-12(18)15-4-2-3-9(6-15)11(16)17/h7,9H,2-6H2,1H3,(H,13,18)(H,16,17)/t9-/m1/s1. The number of aromatic nitrogens is 1. The lowest BCUT2D eigenvalue weighted by Gasteiger charge is -2.30. The highest BCUT2D eigenvalue weighted by molar-refractivity contribution is 7.09. The Morgan fingerprint density at radius 3 is 3.05 bits per heavy atom. The number of aryl methyl sites for hydroxylation is 1. The quantitative estimate of drug-likeness (QED) is 0.879. The van der Waals surface area contributed by atoms with Gasteiger partial charge in [-0.05, 0) is 19.8 Å². The topological polar surface area (TPSA) is 82.5 Å². The van der Waals surface area contributed by atoms with Gasteiger partial charge in [0, 0.05) is 18.0 Å². The molecule has 0 aromatic carbocycles. The van der Waals surface area contributed by atoms with E-state index in [9.17, 15) is 9.59 Å². The Morgan fingerprint density at radius 1 is 1.63 bits per heavy atom. The summed E-state index contributed by atoms with van der Waals surface area (Å²) in [4.78, 5) is 29.7. The van der Waals surface area contributed by atoms with Crippen molar-refractivity contribution >= 4 is 23.3 Å². The number of amides is 2. The zero-order chi connectivity index (χ0) is 13.8. The van der Waals surface area contributed by atoms with Crippen LogP contribution in [0.2, 0.25) is 0 Å². The molecule has 2 amide bonds. The Labute approximate surface area is 115 Å². The fourth-order valence-electron chi connectivity index (χ4n) is 2.13. The Kier molecular flexibility index (Phi) is 4.36. The van der Waals surface area contributed by atoms with Crippen molar-refractivity contribution < 1.29 is 14.7 Å². The van der Waals surface area contributed by atoms with Crippen LogP contribution in [0.4, 0.5) is 4.79 Å². The monoisotopic (exact) mass is 283 g/mol. The van der Waals surface area contributed by atoms with Gasteiger partial charge in [-0.25, -0.2) is 9.78 Å². The highest BCUT2D eigenvalue weighted by Crippen LogP contribution is 2.17. The van der Waals surface area contributed by atoms with Crippen LogP contribution in [-0.2, 0) is 11.3 Å². The van der Waals surface area contributed by atoms with E-state index < -0.39 is 11.9 Å². The first-order chi connectivity index (χ1) is 9.08. The molecule has 0 saturated carbocycles. The number of thiazole rings is 1. The van der Waals surface area contributed by atoms with E-state index in [4.69, 9.17) is 5.11 Å². The van der Waals surface area contributed by atoms with Gasteiger partial charge in [-0.2, -0.15) is 0 Å². The number of urea groups is 1. The Bertz CT molecular complexity index is 475. The molecule has 0 spiro atoms. The fourth-order valence-corrected chi connectivity index (χ4v) is 2.84. The molecular weight excluding hydrogens is 266 g/mol. The number of nitrogens with zero attached hydrogens (tertiary/aromatic N) is 2. The summed E-state index contributed by atoms with van der Waals surface area (Å²) in [6, 6.07) is -0.196. The average molecular weight is 283 g/mol. The van der Waals surface area contributed by atoms with Crippen LogP contribution < -0.4 is 5.32 Å². The van der Waals surface area contributed by atoms with E-state index in [0.717, 1.165) is 17.0 Å². The zero-order valence-electron chi connectivity index (χ0n) is 10.8. The summed E-state index contributed by atoms with van der Waals surface area (Å²) in [6.07, 6.45) is 1.39. The first kappa shape index (κ1) is 13.8. The molecule has 104 valence electrons. The molecule has 1 fully saturated rings. The lowest BCUT2D eigenvalue weighted by molar-refractivity contribution is -0.143. The first-order valence-electron chi connectivity index (χ1n) is 6.22. The lowest BCUT2D eigenvalue weighted by Crippen LogP contribution is -2.46. The van der Waals surface area contributed by atoms with Gasteiger partial charge in [0.2, 0.25) is 0 Å². The second-order valence-corrected chi connectivity index (χ2v) is 5.58. The molecule has 1 aromatic heterocycles. The normalized spacial score (nSPS) is 19.2. The summed E-state index contributed by atoms with van der Waals surface area (Å²) in [5.74, 6) is -1.26. The van der Waals surface area contributed by atoms with Crippen LogP contribution >= 0.6 is 11.3 Å². The fraction of sp³-hybridized carbons (Fsp3) is 0.583. The molecule has 0 bridgehead atoms. The van der Waals surface area contributed by atoms with Crippen molar-refractivity contribution in [2.45, 2.75) is 26.3 Å². The van der Waals surface area contributed by atoms with Crippen LogP contribution in [0.25, 0.3) is 0 Å². The lowest BCUT2D eigenvalue weighted by atomic mass is 9.99. The molecule has 1 saturated heterocycles. The molecule has 0 radical (unpaired) electrons. The molecule has 1 aliphatic heterocycles. The van der Waals surface area contributed by atoms with Crippen molar-refractivity contribution in [2.75, 3.05) is 13.1 Å². The maximum atomic E-state index is 12.0. The molecule has 6 nitrogen and oxygen atoms in total. The molecule has 2 heterocycles. The summed E-state index contributed by atoms with van der Waals surface area (Å²) >= 11 is 1.51. The minimum absolute atomic E-state index is 0.196. The summed E-state index contributed by atoms with van der Waals surface area (Å²) in [6.45, 7) is 3.27. The van der Waals surface area contributed by atoms with Gasteiger partial charge in [0.15, 0.2) is 0 Å². The van der Waals surface area contributed by atoms with Crippen molar-refractivity contribution in [3.8, 4) is 0 Å². The molecule has 2 rings (SSSR count). The van der Waals surface area contributed by atoms with Crippen molar-refractivity contribution in [1.82, 2.24) is 15.2 Å². The number of carbonyl (C=O) groups excluding carboxylic acids is 1. The van der Waals surface area contributed by atoms with Crippen molar-refractivity contribution in [1.29, 1.82) is 0 Å². The predicted octanol–water partition coefficient (Wildman–Crippen LogP) is 1.46. The van der Waals surface area contributed by atoms with E-state index in [2.05, 4.69) is 10.3 Å². The van der Waals surface area contributed by atoms with Gasteiger partial charge in [0.25, 0.3) is 0 Å². The Balaban J connectivity index is 1.86. The third kappa shape index (κ3) is 3.44. The van der Waals surface area contributed by atoms with Crippen LogP contribution in [0.5, 0.6) is 0 Å². The smallest absolute Gasteiger partial charge is 0.317 e. The zero-order valence-corrected chi connectivity index (χ0v) is 11.6. The Hall–Kier alpha value is -1.63. The van der Waals surface area contributed by atoms with E-state index in [-0.39, 0.29) is 6.03 Å². The highest BCUT2D eigenvalue weighted by atomic mass is 32.1. The van der Waals surface area contributed by atoms with Crippen molar-refractivity contribution in [3.63, 3.8) is 0 Å². The van der Waals surface area contributed by atoms with E-state index in [1.165, 1.54) is 11.3 Å². The van der Waals surface area contributed by atoms with Gasteiger partial charge in [-0.3, -0.25) is 4.79 Å². The number of hydrogen-bond acceptors (Lipinski definition) is 4. The Morgan fingerprint density at radius 2 is 2.42 bits per heavy atom. The summed E-state index contributed by atoms with van der Waals surface area (Å²) < 4.78 is 0. The largest absolute Gasteiger partial charge is 0.481 e.